The predicted molar refractivity (Wildman–Crippen MR) is 70.7 cm³/mol. The fraction of sp³-hybridized carbons (Fsp3) is 0.133. The third-order valence-electron chi connectivity index (χ3n) is 2.82. The maximum atomic E-state index is 11.7. The fourth-order valence-corrected chi connectivity index (χ4v) is 1.64. The topological polar surface area (TPSA) is 46.5 Å². The highest BCUT2D eigenvalue weighted by atomic mass is 16.5. The molecule has 18 heavy (non-hydrogen) atoms. The lowest BCUT2D eigenvalue weighted by atomic mass is 10.1. The van der Waals surface area contributed by atoms with Gasteiger partial charge in [0.15, 0.2) is 0 Å². The highest BCUT2D eigenvalue weighted by Crippen LogP contribution is 2.32. The van der Waals surface area contributed by atoms with E-state index in [1.807, 2.05) is 18.2 Å². The van der Waals surface area contributed by atoms with Crippen molar-refractivity contribution < 1.29 is 14.6 Å². The van der Waals surface area contributed by atoms with Crippen LogP contribution in [0.2, 0.25) is 0 Å². The largest absolute Gasteiger partial charge is 0.507 e. The number of ether oxygens (including phenoxy) is 1. The molecule has 0 radical (unpaired) electrons. The molecule has 2 rings (SSSR count). The molecule has 0 bridgehead atoms. The highest BCUT2D eigenvalue weighted by molar-refractivity contribution is 5.96. The van der Waals surface area contributed by atoms with Gasteiger partial charge in [-0.15, -0.1) is 0 Å². The second-order valence-electron chi connectivity index (χ2n) is 3.99. The molecule has 1 N–H and O–H groups in total. The van der Waals surface area contributed by atoms with Crippen molar-refractivity contribution in [2.24, 2.45) is 0 Å². The summed E-state index contributed by atoms with van der Waals surface area (Å²) in [5.74, 6) is 0.246. The van der Waals surface area contributed by atoms with Gasteiger partial charge >= 0.3 is 5.97 Å². The first-order valence-electron chi connectivity index (χ1n) is 5.69. The Labute approximate surface area is 105 Å². The van der Waals surface area contributed by atoms with E-state index in [0.29, 0.717) is 16.7 Å². The van der Waals surface area contributed by atoms with Gasteiger partial charge in [0.25, 0.3) is 0 Å². The van der Waals surface area contributed by atoms with Crippen LogP contribution >= 0.6 is 0 Å². The summed E-state index contributed by atoms with van der Waals surface area (Å²) in [6.07, 6.45) is 1.70. The first kappa shape index (κ1) is 12.2. The van der Waals surface area contributed by atoms with Crippen molar-refractivity contribution >= 4 is 16.7 Å². The Kier molecular flexibility index (Phi) is 3.33. The molecule has 3 nitrogen and oxygen atoms in total. The second-order valence-corrected chi connectivity index (χ2v) is 3.99. The van der Waals surface area contributed by atoms with Gasteiger partial charge in [0.05, 0.1) is 0 Å². The third-order valence-corrected chi connectivity index (χ3v) is 2.82. The van der Waals surface area contributed by atoms with Gasteiger partial charge in [0.2, 0.25) is 0 Å². The van der Waals surface area contributed by atoms with Gasteiger partial charge in [0, 0.05) is 16.3 Å². The average Bonchev–Trinajstić information content (AvgIpc) is 2.41. The standard InChI is InChI=1S/C15H14O3/c1-3-10(2)15(17)18-14-9-8-13(16)11-6-4-5-7-12(11)14/h3-9,16H,1-2H3/b10-3+. The van der Waals surface area contributed by atoms with E-state index in [2.05, 4.69) is 0 Å². The highest BCUT2D eigenvalue weighted by Gasteiger charge is 2.11. The number of carbonyl (C=O) groups is 1. The lowest BCUT2D eigenvalue weighted by Crippen LogP contribution is -2.09. The van der Waals surface area contributed by atoms with E-state index in [1.54, 1.807) is 32.1 Å². The van der Waals surface area contributed by atoms with E-state index in [4.69, 9.17) is 4.74 Å². The maximum absolute atomic E-state index is 11.7. The van der Waals surface area contributed by atoms with Crippen LogP contribution in [0.15, 0.2) is 48.0 Å². The van der Waals surface area contributed by atoms with Crippen molar-refractivity contribution in [3.8, 4) is 11.5 Å². The Morgan fingerprint density at radius 2 is 1.83 bits per heavy atom. The van der Waals surface area contributed by atoms with Gasteiger partial charge in [-0.1, -0.05) is 30.3 Å². The monoisotopic (exact) mass is 242 g/mol. The molecule has 0 saturated carbocycles. The molecule has 0 aliphatic rings. The van der Waals surface area contributed by atoms with Crippen molar-refractivity contribution in [1.82, 2.24) is 0 Å². The van der Waals surface area contributed by atoms with Crippen molar-refractivity contribution in [2.75, 3.05) is 0 Å². The molecule has 92 valence electrons. The average molecular weight is 242 g/mol. The van der Waals surface area contributed by atoms with Crippen LogP contribution in [0.25, 0.3) is 10.8 Å². The van der Waals surface area contributed by atoms with Crippen molar-refractivity contribution in [3.63, 3.8) is 0 Å². The summed E-state index contributed by atoms with van der Waals surface area (Å²) in [6, 6.07) is 10.4. The number of allylic oxidation sites excluding steroid dienone is 1. The van der Waals surface area contributed by atoms with E-state index in [-0.39, 0.29) is 11.7 Å². The predicted octanol–water partition coefficient (Wildman–Crippen LogP) is 3.42. The second kappa shape index (κ2) is 4.92. The Morgan fingerprint density at radius 3 is 2.50 bits per heavy atom. The molecular weight excluding hydrogens is 228 g/mol. The van der Waals surface area contributed by atoms with E-state index >= 15 is 0 Å². The van der Waals surface area contributed by atoms with Crippen molar-refractivity contribution in [2.45, 2.75) is 13.8 Å². The van der Waals surface area contributed by atoms with Crippen LogP contribution in [0.4, 0.5) is 0 Å². The van der Waals surface area contributed by atoms with Crippen molar-refractivity contribution in [3.05, 3.63) is 48.0 Å². The molecule has 2 aromatic rings. The summed E-state index contributed by atoms with van der Waals surface area (Å²) in [7, 11) is 0. The quantitative estimate of drug-likeness (QED) is 0.498. The van der Waals surface area contributed by atoms with Gasteiger partial charge in [-0.2, -0.15) is 0 Å². The van der Waals surface area contributed by atoms with E-state index in [1.165, 1.54) is 6.07 Å². The molecule has 0 aliphatic carbocycles. The molecule has 0 aromatic heterocycles. The molecule has 0 amide bonds. The zero-order chi connectivity index (χ0) is 13.1. The van der Waals surface area contributed by atoms with Crippen molar-refractivity contribution in [1.29, 1.82) is 0 Å². The minimum atomic E-state index is -0.381. The smallest absolute Gasteiger partial charge is 0.338 e. The summed E-state index contributed by atoms with van der Waals surface area (Å²) < 4.78 is 5.32. The number of hydrogen-bond donors (Lipinski definition) is 1. The zero-order valence-electron chi connectivity index (χ0n) is 10.3. The van der Waals surface area contributed by atoms with E-state index in [9.17, 15) is 9.90 Å². The number of carbonyl (C=O) groups excluding carboxylic acids is 1. The molecule has 0 heterocycles. The first-order valence-corrected chi connectivity index (χ1v) is 5.69. The Balaban J connectivity index is 2.47. The number of phenols is 1. The molecule has 0 saturated heterocycles. The summed E-state index contributed by atoms with van der Waals surface area (Å²) in [5.41, 5.74) is 0.548. The summed E-state index contributed by atoms with van der Waals surface area (Å²) in [5, 5.41) is 11.1. The number of aromatic hydroxyl groups is 1. The van der Waals surface area contributed by atoms with Gasteiger partial charge in [-0.25, -0.2) is 4.79 Å². The van der Waals surface area contributed by atoms with Gasteiger partial charge in [0.1, 0.15) is 11.5 Å². The van der Waals surface area contributed by atoms with Gasteiger partial charge < -0.3 is 9.84 Å². The minimum absolute atomic E-state index is 0.174. The lowest BCUT2D eigenvalue weighted by molar-refractivity contribution is -0.130. The van der Waals surface area contributed by atoms with Crippen LogP contribution in [0.3, 0.4) is 0 Å². The van der Waals surface area contributed by atoms with Crippen LogP contribution in [0.1, 0.15) is 13.8 Å². The number of benzene rings is 2. The number of esters is 1. The summed E-state index contributed by atoms with van der Waals surface area (Å²) >= 11 is 0. The molecule has 3 heteroatoms. The van der Waals surface area contributed by atoms with Crippen LogP contribution < -0.4 is 4.74 Å². The maximum Gasteiger partial charge on any atom is 0.338 e. The normalized spacial score (nSPS) is 11.6. The molecule has 0 fully saturated rings. The Bertz CT molecular complexity index is 627. The lowest BCUT2D eigenvalue weighted by Gasteiger charge is -2.08. The zero-order valence-corrected chi connectivity index (χ0v) is 10.3. The molecule has 0 aliphatic heterocycles. The van der Waals surface area contributed by atoms with E-state index in [0.717, 1.165) is 5.39 Å². The van der Waals surface area contributed by atoms with Crippen LogP contribution in [0, 0.1) is 0 Å². The van der Waals surface area contributed by atoms with Gasteiger partial charge in [-0.3, -0.25) is 0 Å². The summed E-state index contributed by atoms with van der Waals surface area (Å²) in [4.78, 5) is 11.7. The molecule has 0 atom stereocenters. The molecule has 0 spiro atoms. The summed E-state index contributed by atoms with van der Waals surface area (Å²) in [6.45, 7) is 3.48. The number of rotatable bonds is 2. The molecule has 0 unspecified atom stereocenters. The number of phenolic OH excluding ortho intramolecular Hbond substituents is 1. The molecule has 2 aromatic carbocycles. The van der Waals surface area contributed by atoms with Crippen LogP contribution in [-0.2, 0) is 4.79 Å². The third kappa shape index (κ3) is 2.20. The van der Waals surface area contributed by atoms with Crippen LogP contribution in [-0.4, -0.2) is 11.1 Å². The number of hydrogen-bond acceptors (Lipinski definition) is 3. The molecular formula is C15H14O3. The first-order chi connectivity index (χ1) is 8.63. The Hall–Kier alpha value is -2.29. The minimum Gasteiger partial charge on any atom is -0.507 e. The van der Waals surface area contributed by atoms with Crippen LogP contribution in [0.5, 0.6) is 11.5 Å². The van der Waals surface area contributed by atoms with Gasteiger partial charge in [-0.05, 0) is 26.0 Å². The SMILES string of the molecule is C/C=C(\C)C(=O)Oc1ccc(O)c2ccccc12. The fourth-order valence-electron chi connectivity index (χ4n) is 1.64. The number of fused-ring (bicyclic) bond motifs is 1. The Morgan fingerprint density at radius 1 is 1.17 bits per heavy atom. The van der Waals surface area contributed by atoms with E-state index < -0.39 is 0 Å².